The van der Waals surface area contributed by atoms with Crippen LogP contribution in [-0.2, 0) is 4.79 Å². The van der Waals surface area contributed by atoms with E-state index in [0.717, 1.165) is 19.3 Å². The van der Waals surface area contributed by atoms with Crippen molar-refractivity contribution in [3.05, 3.63) is 0 Å². The standard InChI is InChI=1S/C5H10ClN3O/c6-4(10)5(8-9-7)2-1-3-5/h8-9H,1-3,7H2/p+1. The Balaban J connectivity index is 2.50. The van der Waals surface area contributed by atoms with E-state index in [2.05, 4.69) is 16.8 Å². The first-order valence-corrected chi connectivity index (χ1v) is 3.58. The summed E-state index contributed by atoms with van der Waals surface area (Å²) in [6.07, 6.45) is 2.66. The number of carbonyl (C=O) groups excluding carboxylic acids is 1. The first-order valence-electron chi connectivity index (χ1n) is 3.20. The molecule has 4 nitrogen and oxygen atoms in total. The summed E-state index contributed by atoms with van der Waals surface area (Å²) in [5.74, 6) is 3.36. The molecule has 0 heterocycles. The van der Waals surface area contributed by atoms with Crippen LogP contribution in [0.5, 0.6) is 0 Å². The van der Waals surface area contributed by atoms with Gasteiger partial charge >= 0.3 is 0 Å². The molecule has 5 heteroatoms. The minimum atomic E-state index is -0.524. The fourth-order valence-corrected chi connectivity index (χ4v) is 1.31. The van der Waals surface area contributed by atoms with E-state index in [1.807, 2.05) is 0 Å². The van der Waals surface area contributed by atoms with Crippen molar-refractivity contribution in [1.82, 2.24) is 11.0 Å². The lowest BCUT2D eigenvalue weighted by molar-refractivity contribution is -0.461. The lowest BCUT2D eigenvalue weighted by Crippen LogP contribution is -2.77. The number of nitrogens with one attached hydrogen (secondary N) is 2. The van der Waals surface area contributed by atoms with E-state index in [9.17, 15) is 4.79 Å². The van der Waals surface area contributed by atoms with Gasteiger partial charge < -0.3 is 0 Å². The smallest absolute Gasteiger partial charge is 0.243 e. The molecule has 0 spiro atoms. The number of hydrogen-bond acceptors (Lipinski definition) is 3. The molecule has 10 heavy (non-hydrogen) atoms. The third kappa shape index (κ3) is 1.15. The molecule has 0 aromatic carbocycles. The molecule has 0 unspecified atom stereocenters. The van der Waals surface area contributed by atoms with Crippen molar-refractivity contribution in [3.8, 4) is 0 Å². The maximum absolute atomic E-state index is 10.8. The van der Waals surface area contributed by atoms with Gasteiger partial charge in [0.1, 0.15) is 5.54 Å². The average Bonchev–Trinajstić information content (AvgIpc) is 1.77. The van der Waals surface area contributed by atoms with Crippen LogP contribution in [0.15, 0.2) is 0 Å². The minimum absolute atomic E-state index is 0.324. The van der Waals surface area contributed by atoms with Gasteiger partial charge in [0.25, 0.3) is 0 Å². The zero-order chi connectivity index (χ0) is 7.61. The van der Waals surface area contributed by atoms with Crippen molar-refractivity contribution >= 4 is 16.8 Å². The third-order valence-electron chi connectivity index (χ3n) is 1.91. The van der Waals surface area contributed by atoms with Crippen LogP contribution in [0, 0.1) is 0 Å². The minimum Gasteiger partial charge on any atom is -0.279 e. The molecule has 1 fully saturated rings. The van der Waals surface area contributed by atoms with Crippen molar-refractivity contribution in [2.45, 2.75) is 24.8 Å². The molecule has 0 radical (unpaired) electrons. The fraction of sp³-hybridized carbons (Fsp3) is 0.800. The molecule has 0 aliphatic heterocycles. The van der Waals surface area contributed by atoms with Gasteiger partial charge in [-0.15, -0.1) is 5.53 Å². The third-order valence-corrected chi connectivity index (χ3v) is 2.27. The highest BCUT2D eigenvalue weighted by Gasteiger charge is 2.43. The molecule has 0 bridgehead atoms. The summed E-state index contributed by atoms with van der Waals surface area (Å²) in [5, 5.41) is -0.324. The van der Waals surface area contributed by atoms with Gasteiger partial charge in [-0.25, -0.2) is 0 Å². The lowest BCUT2D eigenvalue weighted by atomic mass is 9.78. The van der Waals surface area contributed by atoms with Crippen LogP contribution in [0.2, 0.25) is 0 Å². The van der Waals surface area contributed by atoms with E-state index in [1.165, 1.54) is 0 Å². The monoisotopic (exact) mass is 164 g/mol. The summed E-state index contributed by atoms with van der Waals surface area (Å²) in [4.78, 5) is 10.8. The van der Waals surface area contributed by atoms with E-state index >= 15 is 0 Å². The molecule has 1 aliphatic rings. The number of rotatable bonds is 3. The summed E-state index contributed by atoms with van der Waals surface area (Å²) in [5.41, 5.74) is 4.71. The second-order valence-electron chi connectivity index (χ2n) is 2.51. The molecule has 0 amide bonds. The molecular formula is C5H11ClN3O+. The van der Waals surface area contributed by atoms with Crippen LogP contribution >= 0.6 is 11.6 Å². The maximum Gasteiger partial charge on any atom is 0.243 e. The Bertz CT molecular complexity index is 146. The van der Waals surface area contributed by atoms with Crippen molar-refractivity contribution in [2.75, 3.05) is 0 Å². The molecule has 5 N–H and O–H groups in total. The highest BCUT2D eigenvalue weighted by Crippen LogP contribution is 2.32. The number of halogens is 1. The SMILES string of the molecule is [NH3+]NNC1(C(=O)Cl)CCC1. The Kier molecular flexibility index (Phi) is 2.25. The van der Waals surface area contributed by atoms with Crippen LogP contribution in [0.4, 0.5) is 0 Å². The maximum atomic E-state index is 10.8. The van der Waals surface area contributed by atoms with Crippen LogP contribution < -0.4 is 16.8 Å². The second-order valence-corrected chi connectivity index (χ2v) is 2.85. The van der Waals surface area contributed by atoms with Gasteiger partial charge in [0, 0.05) is 0 Å². The Labute approximate surface area is 64.0 Å². The van der Waals surface area contributed by atoms with Crippen molar-refractivity contribution in [1.29, 1.82) is 0 Å². The highest BCUT2D eigenvalue weighted by atomic mass is 35.5. The summed E-state index contributed by atoms with van der Waals surface area (Å²) in [6.45, 7) is 0. The highest BCUT2D eigenvalue weighted by molar-refractivity contribution is 6.65. The molecule has 0 saturated heterocycles. The second kappa shape index (κ2) is 2.84. The molecule has 0 aromatic rings. The van der Waals surface area contributed by atoms with Crippen LogP contribution in [-0.4, -0.2) is 10.8 Å². The van der Waals surface area contributed by atoms with E-state index in [0.29, 0.717) is 0 Å². The molecule has 0 atom stereocenters. The molecule has 58 valence electrons. The van der Waals surface area contributed by atoms with Crippen LogP contribution in [0.3, 0.4) is 0 Å². The Morgan fingerprint density at radius 3 is 2.30 bits per heavy atom. The normalized spacial score (nSPS) is 21.8. The van der Waals surface area contributed by atoms with Crippen LogP contribution in [0.1, 0.15) is 19.3 Å². The number of quaternary nitrogens is 1. The number of hydrazine groups is 1. The zero-order valence-electron chi connectivity index (χ0n) is 5.61. The average molecular weight is 165 g/mol. The van der Waals surface area contributed by atoms with Gasteiger partial charge in [-0.1, -0.05) is 0 Å². The van der Waals surface area contributed by atoms with Crippen LogP contribution in [0.25, 0.3) is 0 Å². The van der Waals surface area contributed by atoms with Crippen molar-refractivity contribution in [3.63, 3.8) is 0 Å². The quantitative estimate of drug-likeness (QED) is 0.368. The predicted octanol–water partition coefficient (Wildman–Crippen LogP) is -1.07. The first kappa shape index (κ1) is 7.94. The van der Waals surface area contributed by atoms with Gasteiger partial charge in [-0.05, 0) is 30.9 Å². The Morgan fingerprint density at radius 1 is 1.60 bits per heavy atom. The van der Waals surface area contributed by atoms with Gasteiger partial charge in [-0.3, -0.25) is 10.6 Å². The topological polar surface area (TPSA) is 68.8 Å². The van der Waals surface area contributed by atoms with Gasteiger partial charge in [0.05, 0.1) is 0 Å². The van der Waals surface area contributed by atoms with E-state index in [4.69, 9.17) is 11.6 Å². The molecular weight excluding hydrogens is 154 g/mol. The van der Waals surface area contributed by atoms with E-state index in [1.54, 1.807) is 0 Å². The number of carbonyl (C=O) groups is 1. The van der Waals surface area contributed by atoms with E-state index in [-0.39, 0.29) is 5.24 Å². The summed E-state index contributed by atoms with van der Waals surface area (Å²) in [6, 6.07) is 0. The fourth-order valence-electron chi connectivity index (χ4n) is 1.07. The largest absolute Gasteiger partial charge is 0.279 e. The Hall–Kier alpha value is -0.160. The predicted molar refractivity (Wildman–Crippen MR) is 36.6 cm³/mol. The van der Waals surface area contributed by atoms with Crippen molar-refractivity contribution < 1.29 is 10.6 Å². The zero-order valence-corrected chi connectivity index (χ0v) is 6.37. The van der Waals surface area contributed by atoms with E-state index < -0.39 is 5.54 Å². The molecule has 1 rings (SSSR count). The number of hydrogen-bond donors (Lipinski definition) is 3. The van der Waals surface area contributed by atoms with Gasteiger partial charge in [0.15, 0.2) is 0 Å². The molecule has 1 aliphatic carbocycles. The summed E-state index contributed by atoms with van der Waals surface area (Å²) >= 11 is 5.35. The summed E-state index contributed by atoms with van der Waals surface area (Å²) < 4.78 is 0. The van der Waals surface area contributed by atoms with Gasteiger partial charge in [-0.2, -0.15) is 5.43 Å². The van der Waals surface area contributed by atoms with Gasteiger partial charge in [0.2, 0.25) is 5.24 Å². The van der Waals surface area contributed by atoms with Crippen molar-refractivity contribution in [2.24, 2.45) is 0 Å². The molecule has 1 saturated carbocycles. The Morgan fingerprint density at radius 2 is 2.20 bits per heavy atom. The molecule has 0 aromatic heterocycles. The first-order chi connectivity index (χ1) is 4.71. The summed E-state index contributed by atoms with van der Waals surface area (Å²) in [7, 11) is 0. The lowest BCUT2D eigenvalue weighted by Gasteiger charge is -2.37.